The lowest BCUT2D eigenvalue weighted by atomic mass is 9.96. The van der Waals surface area contributed by atoms with Crippen molar-refractivity contribution in [2.24, 2.45) is 5.73 Å². The average molecular weight is 219 g/mol. The molecule has 0 saturated heterocycles. The predicted octanol–water partition coefficient (Wildman–Crippen LogP) is 2.93. The first-order chi connectivity index (χ1) is 7.32. The van der Waals surface area contributed by atoms with E-state index in [0.717, 1.165) is 11.8 Å². The smallest absolute Gasteiger partial charge is 0.00952 e. The lowest BCUT2D eigenvalue weighted by molar-refractivity contribution is 0.704. The van der Waals surface area contributed by atoms with Gasteiger partial charge in [0.25, 0.3) is 0 Å². The third-order valence-electron chi connectivity index (χ3n) is 3.54. The Morgan fingerprint density at radius 1 is 1.20 bits per heavy atom. The Balaban J connectivity index is 1.75. The Morgan fingerprint density at radius 2 is 1.87 bits per heavy atom. The third kappa shape index (κ3) is 1.93. The van der Waals surface area contributed by atoms with Gasteiger partial charge in [-0.25, -0.2) is 0 Å². The molecule has 0 aliphatic heterocycles. The zero-order valence-corrected chi connectivity index (χ0v) is 9.72. The van der Waals surface area contributed by atoms with Gasteiger partial charge in [-0.15, -0.1) is 11.8 Å². The van der Waals surface area contributed by atoms with Crippen molar-refractivity contribution in [1.82, 2.24) is 0 Å². The van der Waals surface area contributed by atoms with Gasteiger partial charge in [-0.05, 0) is 43.4 Å². The number of hydrogen-bond acceptors (Lipinski definition) is 2. The van der Waals surface area contributed by atoms with Crippen LogP contribution in [-0.2, 0) is 5.41 Å². The van der Waals surface area contributed by atoms with Gasteiger partial charge in [0, 0.05) is 22.1 Å². The maximum Gasteiger partial charge on any atom is 0.00952 e. The molecule has 0 spiro atoms. The highest BCUT2D eigenvalue weighted by molar-refractivity contribution is 8.00. The Hall–Kier alpha value is -0.470. The minimum atomic E-state index is 0.350. The first-order valence-electron chi connectivity index (χ1n) is 5.80. The maximum absolute atomic E-state index is 5.82. The fraction of sp³-hybridized carbons (Fsp3) is 0.538. The lowest BCUT2D eigenvalue weighted by Crippen LogP contribution is -2.19. The summed E-state index contributed by atoms with van der Waals surface area (Å²) in [6, 6.07) is 9.11. The Bertz CT molecular complexity index is 349. The van der Waals surface area contributed by atoms with E-state index in [1.807, 2.05) is 11.8 Å². The van der Waals surface area contributed by atoms with Crippen LogP contribution in [0, 0.1) is 0 Å². The summed E-state index contributed by atoms with van der Waals surface area (Å²) in [5.74, 6) is 0. The van der Waals surface area contributed by atoms with Crippen molar-refractivity contribution in [3.8, 4) is 0 Å². The summed E-state index contributed by atoms with van der Waals surface area (Å²) >= 11 is 2.03. The van der Waals surface area contributed by atoms with Gasteiger partial charge in [-0.3, -0.25) is 0 Å². The molecular weight excluding hydrogens is 202 g/mol. The minimum absolute atomic E-state index is 0.350. The Labute approximate surface area is 95.4 Å². The quantitative estimate of drug-likeness (QED) is 0.842. The zero-order chi connectivity index (χ0) is 10.3. The second-order valence-electron chi connectivity index (χ2n) is 4.83. The van der Waals surface area contributed by atoms with Crippen LogP contribution in [0.3, 0.4) is 0 Å². The van der Waals surface area contributed by atoms with Crippen molar-refractivity contribution in [1.29, 1.82) is 0 Å². The Kier molecular flexibility index (Phi) is 2.29. The summed E-state index contributed by atoms with van der Waals surface area (Å²) in [5.41, 5.74) is 7.62. The minimum Gasteiger partial charge on any atom is -0.330 e. The number of hydrogen-bond donors (Lipinski definition) is 1. The third-order valence-corrected chi connectivity index (χ3v) is 4.89. The largest absolute Gasteiger partial charge is 0.330 e. The molecule has 0 heterocycles. The molecule has 1 aromatic carbocycles. The first-order valence-corrected chi connectivity index (χ1v) is 6.68. The van der Waals surface area contributed by atoms with Gasteiger partial charge in [-0.1, -0.05) is 12.1 Å². The SMILES string of the molecule is NCC1(c2ccc(SC3CC3)cc2)CC1. The highest BCUT2D eigenvalue weighted by atomic mass is 32.2. The van der Waals surface area contributed by atoms with Crippen LogP contribution in [0.4, 0.5) is 0 Å². The normalized spacial score (nSPS) is 22.7. The van der Waals surface area contributed by atoms with Crippen molar-refractivity contribution < 1.29 is 0 Å². The van der Waals surface area contributed by atoms with Gasteiger partial charge in [0.05, 0.1) is 0 Å². The van der Waals surface area contributed by atoms with Crippen molar-refractivity contribution in [3.63, 3.8) is 0 Å². The molecule has 3 rings (SSSR count). The highest BCUT2D eigenvalue weighted by Gasteiger charge is 2.42. The van der Waals surface area contributed by atoms with Gasteiger partial charge < -0.3 is 5.73 Å². The van der Waals surface area contributed by atoms with E-state index >= 15 is 0 Å². The fourth-order valence-corrected chi connectivity index (χ4v) is 3.08. The van der Waals surface area contributed by atoms with Gasteiger partial charge in [0.2, 0.25) is 0 Å². The van der Waals surface area contributed by atoms with Crippen LogP contribution < -0.4 is 5.73 Å². The average Bonchev–Trinajstić information content (AvgIpc) is 3.14. The van der Waals surface area contributed by atoms with Crippen molar-refractivity contribution in [3.05, 3.63) is 29.8 Å². The molecule has 1 nitrogen and oxygen atoms in total. The summed E-state index contributed by atoms with van der Waals surface area (Å²) in [7, 11) is 0. The molecule has 0 unspecified atom stereocenters. The van der Waals surface area contributed by atoms with E-state index in [9.17, 15) is 0 Å². The standard InChI is InChI=1S/C13H17NS/c14-9-13(7-8-13)10-1-3-11(4-2-10)15-12-5-6-12/h1-4,12H,5-9,14H2. The second-order valence-corrected chi connectivity index (χ2v) is 6.20. The van der Waals surface area contributed by atoms with Crippen LogP contribution in [-0.4, -0.2) is 11.8 Å². The molecule has 2 aliphatic rings. The van der Waals surface area contributed by atoms with Crippen molar-refractivity contribution >= 4 is 11.8 Å². The molecule has 0 atom stereocenters. The highest BCUT2D eigenvalue weighted by Crippen LogP contribution is 2.47. The summed E-state index contributed by atoms with van der Waals surface area (Å²) in [6.45, 7) is 0.808. The molecule has 0 radical (unpaired) electrons. The van der Waals surface area contributed by atoms with Crippen LogP contribution >= 0.6 is 11.8 Å². The van der Waals surface area contributed by atoms with E-state index in [4.69, 9.17) is 5.73 Å². The lowest BCUT2D eigenvalue weighted by Gasteiger charge is -2.12. The molecule has 1 aromatic rings. The van der Waals surface area contributed by atoms with Gasteiger partial charge in [0.1, 0.15) is 0 Å². The van der Waals surface area contributed by atoms with E-state index in [2.05, 4.69) is 24.3 Å². The molecule has 2 saturated carbocycles. The van der Waals surface area contributed by atoms with Crippen LogP contribution in [0.15, 0.2) is 29.2 Å². The molecule has 2 heteroatoms. The molecule has 2 fully saturated rings. The molecule has 80 valence electrons. The van der Waals surface area contributed by atoms with E-state index in [1.165, 1.54) is 36.1 Å². The summed E-state index contributed by atoms with van der Waals surface area (Å²) in [6.07, 6.45) is 5.36. The predicted molar refractivity (Wildman–Crippen MR) is 65.3 cm³/mol. The Morgan fingerprint density at radius 3 is 2.33 bits per heavy atom. The van der Waals surface area contributed by atoms with E-state index in [-0.39, 0.29) is 0 Å². The summed E-state index contributed by atoms with van der Waals surface area (Å²) in [4.78, 5) is 1.43. The summed E-state index contributed by atoms with van der Waals surface area (Å²) in [5, 5.41) is 0.903. The van der Waals surface area contributed by atoms with Gasteiger partial charge >= 0.3 is 0 Å². The van der Waals surface area contributed by atoms with E-state index in [1.54, 1.807) is 0 Å². The van der Waals surface area contributed by atoms with Crippen molar-refractivity contribution in [2.45, 2.75) is 41.2 Å². The number of rotatable bonds is 4. The van der Waals surface area contributed by atoms with Crippen molar-refractivity contribution in [2.75, 3.05) is 6.54 Å². The van der Waals surface area contributed by atoms with Crippen LogP contribution in [0.2, 0.25) is 0 Å². The molecular formula is C13H17NS. The number of thioether (sulfide) groups is 1. The molecule has 2 N–H and O–H groups in total. The van der Waals surface area contributed by atoms with Crippen LogP contribution in [0.25, 0.3) is 0 Å². The second kappa shape index (κ2) is 3.53. The van der Waals surface area contributed by atoms with E-state index < -0.39 is 0 Å². The number of benzene rings is 1. The fourth-order valence-electron chi connectivity index (χ4n) is 2.03. The molecule has 2 aliphatic carbocycles. The number of nitrogens with two attached hydrogens (primary N) is 1. The molecule has 0 amide bonds. The van der Waals surface area contributed by atoms with Gasteiger partial charge in [0.15, 0.2) is 0 Å². The molecule has 15 heavy (non-hydrogen) atoms. The van der Waals surface area contributed by atoms with Crippen LogP contribution in [0.5, 0.6) is 0 Å². The monoisotopic (exact) mass is 219 g/mol. The topological polar surface area (TPSA) is 26.0 Å². The molecule has 0 bridgehead atoms. The zero-order valence-electron chi connectivity index (χ0n) is 8.91. The van der Waals surface area contributed by atoms with Crippen LogP contribution in [0.1, 0.15) is 31.2 Å². The van der Waals surface area contributed by atoms with E-state index in [0.29, 0.717) is 5.41 Å². The molecule has 0 aromatic heterocycles. The first kappa shape index (κ1) is 9.73. The summed E-state index contributed by atoms with van der Waals surface area (Å²) < 4.78 is 0. The van der Waals surface area contributed by atoms with Gasteiger partial charge in [-0.2, -0.15) is 0 Å². The maximum atomic E-state index is 5.82.